The van der Waals surface area contributed by atoms with Crippen molar-refractivity contribution in [3.63, 3.8) is 0 Å². The van der Waals surface area contributed by atoms with E-state index >= 15 is 0 Å². The monoisotopic (exact) mass is 278 g/mol. The van der Waals surface area contributed by atoms with Crippen molar-refractivity contribution in [2.45, 2.75) is 19.8 Å². The van der Waals surface area contributed by atoms with Crippen LogP contribution in [0.15, 0.2) is 18.2 Å². The number of hydrogen-bond acceptors (Lipinski definition) is 5. The average molecular weight is 278 g/mol. The molecule has 0 aliphatic carbocycles. The van der Waals surface area contributed by atoms with E-state index in [-0.39, 0.29) is 29.6 Å². The van der Waals surface area contributed by atoms with Gasteiger partial charge in [0.1, 0.15) is 0 Å². The van der Waals surface area contributed by atoms with Crippen LogP contribution in [0.2, 0.25) is 0 Å². The van der Waals surface area contributed by atoms with Gasteiger partial charge in [0.2, 0.25) is 0 Å². The number of ketones is 1. The fourth-order valence-electron chi connectivity index (χ4n) is 2.61. The zero-order valence-electron chi connectivity index (χ0n) is 11.4. The maximum Gasteiger partial charge on any atom is 0.280 e. The Hall–Kier alpha value is -1.95. The van der Waals surface area contributed by atoms with Crippen LogP contribution < -0.4 is 4.90 Å². The first-order valence-corrected chi connectivity index (χ1v) is 6.68. The van der Waals surface area contributed by atoms with Crippen molar-refractivity contribution in [2.24, 2.45) is 5.92 Å². The zero-order chi connectivity index (χ0) is 14.7. The molecule has 1 heterocycles. The normalized spacial score (nSPS) is 18.9. The highest BCUT2D eigenvalue weighted by molar-refractivity contribution is 5.99. The second-order valence-corrected chi connectivity index (χ2v) is 5.15. The van der Waals surface area contributed by atoms with E-state index in [9.17, 15) is 20.0 Å². The first-order valence-electron chi connectivity index (χ1n) is 6.68. The Morgan fingerprint density at radius 1 is 1.55 bits per heavy atom. The third-order valence-electron chi connectivity index (χ3n) is 3.70. The molecule has 1 unspecified atom stereocenters. The quantitative estimate of drug-likeness (QED) is 0.517. The van der Waals surface area contributed by atoms with E-state index in [4.69, 9.17) is 0 Å². The van der Waals surface area contributed by atoms with Gasteiger partial charge < -0.3 is 10.0 Å². The molecule has 1 aromatic rings. The van der Waals surface area contributed by atoms with E-state index in [1.165, 1.54) is 13.0 Å². The SMILES string of the molecule is CC(=O)c1cc(N2CCCC(CO)C2)ccc1[N+](=O)[O-]. The molecule has 0 saturated carbocycles. The number of rotatable bonds is 4. The molecule has 0 bridgehead atoms. The Kier molecular flexibility index (Phi) is 4.34. The minimum absolute atomic E-state index is 0.138. The van der Waals surface area contributed by atoms with Crippen molar-refractivity contribution in [3.8, 4) is 0 Å². The number of piperidine rings is 1. The van der Waals surface area contributed by atoms with Gasteiger partial charge in [0.05, 0.1) is 10.5 Å². The molecule has 0 amide bonds. The number of anilines is 1. The van der Waals surface area contributed by atoms with E-state index in [1.54, 1.807) is 12.1 Å². The Morgan fingerprint density at radius 2 is 2.30 bits per heavy atom. The Bertz CT molecular complexity index is 530. The van der Waals surface area contributed by atoms with Crippen LogP contribution >= 0.6 is 0 Å². The van der Waals surface area contributed by atoms with Gasteiger partial charge in [-0.1, -0.05) is 0 Å². The lowest BCUT2D eigenvalue weighted by molar-refractivity contribution is -0.385. The summed E-state index contributed by atoms with van der Waals surface area (Å²) in [5.74, 6) is -0.0889. The molecule has 6 nitrogen and oxygen atoms in total. The van der Waals surface area contributed by atoms with Gasteiger partial charge in [0.15, 0.2) is 5.78 Å². The number of nitro benzene ring substituents is 1. The number of hydrogen-bond donors (Lipinski definition) is 1. The van der Waals surface area contributed by atoms with Crippen LogP contribution in [0.1, 0.15) is 30.1 Å². The third kappa shape index (κ3) is 2.96. The predicted octanol–water partition coefficient (Wildman–Crippen LogP) is 2.01. The molecule has 1 atom stereocenters. The number of benzene rings is 1. The number of nitro groups is 1. The smallest absolute Gasteiger partial charge is 0.280 e. The van der Waals surface area contributed by atoms with Gasteiger partial charge in [0.25, 0.3) is 5.69 Å². The summed E-state index contributed by atoms with van der Waals surface area (Å²) in [6.07, 6.45) is 1.96. The van der Waals surface area contributed by atoms with E-state index in [1.807, 2.05) is 0 Å². The summed E-state index contributed by atoms with van der Waals surface area (Å²) in [6.45, 7) is 3.03. The van der Waals surface area contributed by atoms with Gasteiger partial charge in [0, 0.05) is 31.5 Å². The van der Waals surface area contributed by atoms with Crippen LogP contribution in [0.3, 0.4) is 0 Å². The molecule has 6 heteroatoms. The molecular weight excluding hydrogens is 260 g/mol. The van der Waals surface area contributed by atoms with Gasteiger partial charge in [-0.3, -0.25) is 14.9 Å². The van der Waals surface area contributed by atoms with Gasteiger partial charge in [-0.2, -0.15) is 0 Å². The van der Waals surface area contributed by atoms with Crippen LogP contribution in [0.25, 0.3) is 0 Å². The topological polar surface area (TPSA) is 83.7 Å². The van der Waals surface area contributed by atoms with E-state index in [0.717, 1.165) is 25.1 Å². The summed E-state index contributed by atoms with van der Waals surface area (Å²) >= 11 is 0. The fourth-order valence-corrected chi connectivity index (χ4v) is 2.61. The first kappa shape index (κ1) is 14.5. The molecule has 0 radical (unpaired) electrons. The summed E-state index contributed by atoms with van der Waals surface area (Å²) in [6, 6.07) is 4.64. The Morgan fingerprint density at radius 3 is 2.90 bits per heavy atom. The summed E-state index contributed by atoms with van der Waals surface area (Å²) in [4.78, 5) is 24.0. The lowest BCUT2D eigenvalue weighted by Crippen LogP contribution is -2.36. The summed E-state index contributed by atoms with van der Waals surface area (Å²) in [5, 5.41) is 20.2. The molecule has 1 saturated heterocycles. The van der Waals surface area contributed by atoms with Gasteiger partial charge >= 0.3 is 0 Å². The summed E-state index contributed by atoms with van der Waals surface area (Å²) in [5.41, 5.74) is 0.787. The molecule has 1 aliphatic rings. The van der Waals surface area contributed by atoms with E-state index in [0.29, 0.717) is 6.54 Å². The van der Waals surface area contributed by atoms with Crippen LogP contribution in [0, 0.1) is 16.0 Å². The molecule has 0 aromatic heterocycles. The van der Waals surface area contributed by atoms with Crippen LogP contribution in [0.4, 0.5) is 11.4 Å². The molecular formula is C14H18N2O4. The molecule has 1 fully saturated rings. The highest BCUT2D eigenvalue weighted by atomic mass is 16.6. The van der Waals surface area contributed by atoms with E-state index < -0.39 is 4.92 Å². The Balaban J connectivity index is 2.31. The molecule has 1 N–H and O–H groups in total. The van der Waals surface area contributed by atoms with Crippen molar-refractivity contribution in [1.29, 1.82) is 0 Å². The lowest BCUT2D eigenvalue weighted by atomic mass is 9.98. The molecule has 1 aliphatic heterocycles. The molecule has 1 aromatic carbocycles. The summed E-state index contributed by atoms with van der Waals surface area (Å²) < 4.78 is 0. The molecule has 20 heavy (non-hydrogen) atoms. The van der Waals surface area contributed by atoms with Crippen molar-refractivity contribution in [2.75, 3.05) is 24.6 Å². The molecule has 108 valence electrons. The predicted molar refractivity (Wildman–Crippen MR) is 75.1 cm³/mol. The fraction of sp³-hybridized carbons (Fsp3) is 0.500. The van der Waals surface area contributed by atoms with Crippen LogP contribution in [-0.4, -0.2) is 35.5 Å². The third-order valence-corrected chi connectivity index (χ3v) is 3.70. The standard InChI is InChI=1S/C14H18N2O4/c1-10(18)13-7-12(4-5-14(13)16(19)20)15-6-2-3-11(8-15)9-17/h4-5,7,11,17H,2-3,6,8-9H2,1H3. The molecule has 0 spiro atoms. The highest BCUT2D eigenvalue weighted by Gasteiger charge is 2.23. The van der Waals surface area contributed by atoms with Crippen LogP contribution in [-0.2, 0) is 0 Å². The number of nitrogens with zero attached hydrogens (tertiary/aromatic N) is 2. The van der Waals surface area contributed by atoms with Crippen molar-refractivity contribution in [3.05, 3.63) is 33.9 Å². The maximum atomic E-state index is 11.6. The number of aliphatic hydroxyl groups is 1. The second kappa shape index (κ2) is 6.00. The van der Waals surface area contributed by atoms with Gasteiger partial charge in [-0.15, -0.1) is 0 Å². The van der Waals surface area contributed by atoms with Crippen LogP contribution in [0.5, 0.6) is 0 Å². The van der Waals surface area contributed by atoms with Gasteiger partial charge in [-0.05, 0) is 37.8 Å². The van der Waals surface area contributed by atoms with Gasteiger partial charge in [-0.25, -0.2) is 0 Å². The highest BCUT2D eigenvalue weighted by Crippen LogP contribution is 2.28. The minimum atomic E-state index is -0.534. The zero-order valence-corrected chi connectivity index (χ0v) is 11.4. The minimum Gasteiger partial charge on any atom is -0.396 e. The number of carbonyl (C=O) groups excluding carboxylic acids is 1. The van der Waals surface area contributed by atoms with Crippen molar-refractivity contribution < 1.29 is 14.8 Å². The lowest BCUT2D eigenvalue weighted by Gasteiger charge is -2.33. The Labute approximate surface area is 117 Å². The van der Waals surface area contributed by atoms with E-state index in [2.05, 4.69) is 4.90 Å². The average Bonchev–Trinajstić information content (AvgIpc) is 2.46. The molecule has 2 rings (SSSR count). The number of Topliss-reactive ketones (excluding diaryl/α,β-unsaturated/α-hetero) is 1. The number of aliphatic hydroxyl groups excluding tert-OH is 1. The van der Waals surface area contributed by atoms with Crippen molar-refractivity contribution >= 4 is 17.2 Å². The largest absolute Gasteiger partial charge is 0.396 e. The second-order valence-electron chi connectivity index (χ2n) is 5.15. The number of carbonyl (C=O) groups is 1. The maximum absolute atomic E-state index is 11.6. The van der Waals surface area contributed by atoms with Crippen molar-refractivity contribution in [1.82, 2.24) is 0 Å². The summed E-state index contributed by atoms with van der Waals surface area (Å²) in [7, 11) is 0. The first-order chi connectivity index (χ1) is 9.52.